The number of aliphatic hydroxyl groups excluding tert-OH is 1. The molecule has 0 aromatic carbocycles. The van der Waals surface area contributed by atoms with Gasteiger partial charge in [-0.1, -0.05) is 11.6 Å². The normalized spacial score (nSPS) is 13.6. The Hall–Kier alpha value is -0.580. The molecule has 0 saturated carbocycles. The van der Waals surface area contributed by atoms with Crippen LogP contribution in [-0.2, 0) is 13.6 Å². The van der Waals surface area contributed by atoms with Crippen LogP contribution in [-0.4, -0.2) is 39.3 Å². The molecule has 1 heterocycles. The predicted molar refractivity (Wildman–Crippen MR) is 56.2 cm³/mol. The van der Waals surface area contributed by atoms with Crippen molar-refractivity contribution in [2.24, 2.45) is 7.05 Å². The zero-order chi connectivity index (χ0) is 10.7. The maximum absolute atomic E-state index is 8.96. The smallest absolute Gasteiger partial charge is 0.128 e. The average molecular weight is 218 g/mol. The molecular weight excluding hydrogens is 202 g/mol. The molecule has 0 fully saturated rings. The zero-order valence-electron chi connectivity index (χ0n) is 8.74. The van der Waals surface area contributed by atoms with E-state index in [0.29, 0.717) is 11.7 Å². The third-order valence-electron chi connectivity index (χ3n) is 2.44. The molecule has 1 aromatic heterocycles. The molecule has 0 aliphatic rings. The van der Waals surface area contributed by atoms with Crippen molar-refractivity contribution in [3.8, 4) is 0 Å². The lowest BCUT2D eigenvalue weighted by atomic mass is 10.3. The Morgan fingerprint density at radius 3 is 2.79 bits per heavy atom. The summed E-state index contributed by atoms with van der Waals surface area (Å²) in [5.41, 5.74) is 0. The molecule has 0 aliphatic carbocycles. The molecule has 80 valence electrons. The van der Waals surface area contributed by atoms with Crippen LogP contribution in [0.15, 0.2) is 6.20 Å². The van der Waals surface area contributed by atoms with Crippen LogP contribution in [0.1, 0.15) is 12.7 Å². The first kappa shape index (κ1) is 11.5. The second-order valence-electron chi connectivity index (χ2n) is 3.50. The van der Waals surface area contributed by atoms with Gasteiger partial charge in [0.05, 0.1) is 19.3 Å². The highest BCUT2D eigenvalue weighted by atomic mass is 35.5. The monoisotopic (exact) mass is 217 g/mol. The molecular formula is C9H16ClN3O. The molecule has 0 spiro atoms. The molecule has 1 rings (SSSR count). The minimum Gasteiger partial charge on any atom is -0.395 e. The van der Waals surface area contributed by atoms with Gasteiger partial charge >= 0.3 is 0 Å². The zero-order valence-corrected chi connectivity index (χ0v) is 9.49. The lowest BCUT2D eigenvalue weighted by molar-refractivity contribution is 0.150. The fourth-order valence-corrected chi connectivity index (χ4v) is 1.24. The highest BCUT2D eigenvalue weighted by molar-refractivity contribution is 6.29. The summed E-state index contributed by atoms with van der Waals surface area (Å²) >= 11 is 5.86. The van der Waals surface area contributed by atoms with Crippen molar-refractivity contribution in [3.05, 3.63) is 17.2 Å². The van der Waals surface area contributed by atoms with E-state index in [-0.39, 0.29) is 12.6 Å². The van der Waals surface area contributed by atoms with E-state index in [1.54, 1.807) is 6.20 Å². The van der Waals surface area contributed by atoms with E-state index >= 15 is 0 Å². The number of hydrogen-bond acceptors (Lipinski definition) is 3. The molecule has 5 heteroatoms. The summed E-state index contributed by atoms with van der Waals surface area (Å²) in [4.78, 5) is 6.21. The summed E-state index contributed by atoms with van der Waals surface area (Å²) < 4.78 is 1.84. The lowest BCUT2D eigenvalue weighted by Gasteiger charge is -2.22. The minimum absolute atomic E-state index is 0.130. The Bertz CT molecular complexity index is 300. The van der Waals surface area contributed by atoms with Crippen molar-refractivity contribution >= 4 is 11.6 Å². The molecule has 0 amide bonds. The van der Waals surface area contributed by atoms with Crippen LogP contribution < -0.4 is 0 Å². The van der Waals surface area contributed by atoms with Gasteiger partial charge in [-0.2, -0.15) is 0 Å². The second kappa shape index (κ2) is 4.77. The second-order valence-corrected chi connectivity index (χ2v) is 3.89. The number of aromatic nitrogens is 2. The van der Waals surface area contributed by atoms with E-state index in [0.717, 1.165) is 5.82 Å². The van der Waals surface area contributed by atoms with Crippen LogP contribution in [0.4, 0.5) is 0 Å². The standard InChI is InChI=1S/C9H16ClN3O/c1-7(6-14)12(2)5-9-11-4-8(10)13(9)3/h4,7,14H,5-6H2,1-3H3. The SMILES string of the molecule is CC(CO)N(C)Cc1ncc(Cl)n1C. The van der Waals surface area contributed by atoms with Crippen LogP contribution in [0, 0.1) is 0 Å². The first-order chi connectivity index (χ1) is 6.56. The van der Waals surface area contributed by atoms with Crippen LogP contribution in [0.3, 0.4) is 0 Å². The van der Waals surface area contributed by atoms with Gasteiger partial charge in [0.15, 0.2) is 0 Å². The van der Waals surface area contributed by atoms with Gasteiger partial charge in [-0.15, -0.1) is 0 Å². The molecule has 1 N–H and O–H groups in total. The number of imidazole rings is 1. The molecule has 0 aliphatic heterocycles. The minimum atomic E-state index is 0.130. The molecule has 0 radical (unpaired) electrons. The highest BCUT2D eigenvalue weighted by Gasteiger charge is 2.11. The summed E-state index contributed by atoms with van der Waals surface area (Å²) in [6.45, 7) is 2.80. The molecule has 0 bridgehead atoms. The van der Waals surface area contributed by atoms with E-state index in [1.807, 2.05) is 30.5 Å². The number of likely N-dealkylation sites (N-methyl/N-ethyl adjacent to an activating group) is 1. The van der Waals surface area contributed by atoms with Crippen molar-refractivity contribution in [3.63, 3.8) is 0 Å². The summed E-state index contributed by atoms with van der Waals surface area (Å²) in [5.74, 6) is 0.901. The summed E-state index contributed by atoms with van der Waals surface area (Å²) in [6, 6.07) is 0.130. The van der Waals surface area contributed by atoms with Gasteiger partial charge < -0.3 is 9.67 Å². The van der Waals surface area contributed by atoms with E-state index in [9.17, 15) is 0 Å². The van der Waals surface area contributed by atoms with Gasteiger partial charge in [-0.25, -0.2) is 4.98 Å². The fourth-order valence-electron chi connectivity index (χ4n) is 1.09. The summed E-state index contributed by atoms with van der Waals surface area (Å²) in [6.07, 6.45) is 1.63. The highest BCUT2D eigenvalue weighted by Crippen LogP contribution is 2.11. The molecule has 4 nitrogen and oxygen atoms in total. The van der Waals surface area contributed by atoms with Crippen LogP contribution in [0.5, 0.6) is 0 Å². The third kappa shape index (κ3) is 2.47. The van der Waals surface area contributed by atoms with E-state index < -0.39 is 0 Å². The number of nitrogens with zero attached hydrogens (tertiary/aromatic N) is 3. The molecule has 1 atom stereocenters. The number of aliphatic hydroxyl groups is 1. The van der Waals surface area contributed by atoms with Gasteiger partial charge in [0.25, 0.3) is 0 Å². The molecule has 14 heavy (non-hydrogen) atoms. The van der Waals surface area contributed by atoms with Crippen LogP contribution >= 0.6 is 11.6 Å². The number of rotatable bonds is 4. The topological polar surface area (TPSA) is 41.3 Å². The Balaban J connectivity index is 2.64. The molecule has 1 aromatic rings. The van der Waals surface area contributed by atoms with Gasteiger partial charge in [-0.05, 0) is 14.0 Å². The molecule has 1 unspecified atom stereocenters. The Kier molecular flexibility index (Phi) is 3.92. The van der Waals surface area contributed by atoms with Crippen molar-refractivity contribution in [2.75, 3.05) is 13.7 Å². The van der Waals surface area contributed by atoms with Crippen molar-refractivity contribution in [1.29, 1.82) is 0 Å². The lowest BCUT2D eigenvalue weighted by Crippen LogP contribution is -2.32. The fraction of sp³-hybridized carbons (Fsp3) is 0.667. The van der Waals surface area contributed by atoms with E-state index in [4.69, 9.17) is 16.7 Å². The van der Waals surface area contributed by atoms with E-state index in [1.165, 1.54) is 0 Å². The number of halogens is 1. The third-order valence-corrected chi connectivity index (χ3v) is 2.79. The Labute approximate surface area is 89.1 Å². The first-order valence-corrected chi connectivity index (χ1v) is 4.91. The van der Waals surface area contributed by atoms with Gasteiger partial charge in [-0.3, -0.25) is 4.90 Å². The van der Waals surface area contributed by atoms with Crippen LogP contribution in [0.25, 0.3) is 0 Å². The van der Waals surface area contributed by atoms with Gasteiger partial charge in [0, 0.05) is 13.1 Å². The first-order valence-electron chi connectivity index (χ1n) is 4.53. The maximum Gasteiger partial charge on any atom is 0.128 e. The number of hydrogen-bond donors (Lipinski definition) is 1. The van der Waals surface area contributed by atoms with Crippen molar-refractivity contribution < 1.29 is 5.11 Å². The van der Waals surface area contributed by atoms with Crippen molar-refractivity contribution in [1.82, 2.24) is 14.5 Å². The average Bonchev–Trinajstić information content (AvgIpc) is 2.48. The van der Waals surface area contributed by atoms with Crippen LogP contribution in [0.2, 0.25) is 5.15 Å². The summed E-state index contributed by atoms with van der Waals surface area (Å²) in [7, 11) is 3.82. The quantitative estimate of drug-likeness (QED) is 0.815. The Morgan fingerprint density at radius 1 is 1.71 bits per heavy atom. The predicted octanol–water partition coefficient (Wildman–Crippen LogP) is 0.886. The van der Waals surface area contributed by atoms with Gasteiger partial charge in [0.1, 0.15) is 11.0 Å². The molecule has 0 saturated heterocycles. The Morgan fingerprint density at radius 2 is 2.36 bits per heavy atom. The largest absolute Gasteiger partial charge is 0.395 e. The van der Waals surface area contributed by atoms with E-state index in [2.05, 4.69) is 4.98 Å². The maximum atomic E-state index is 8.96. The van der Waals surface area contributed by atoms with Crippen molar-refractivity contribution in [2.45, 2.75) is 19.5 Å². The van der Waals surface area contributed by atoms with Gasteiger partial charge in [0.2, 0.25) is 0 Å². The summed E-state index contributed by atoms with van der Waals surface area (Å²) in [5, 5.41) is 9.59.